The van der Waals surface area contributed by atoms with Crippen LogP contribution in [0.5, 0.6) is 0 Å². The third-order valence-corrected chi connectivity index (χ3v) is 0.879. The zero-order valence-corrected chi connectivity index (χ0v) is 6.71. The molecule has 9 heavy (non-hydrogen) atoms. The van der Waals surface area contributed by atoms with E-state index in [0.717, 1.165) is 6.42 Å². The van der Waals surface area contributed by atoms with Crippen molar-refractivity contribution in [2.24, 2.45) is 0 Å². The standard InChI is InChI=1S/C7H16N2/c1-5-6(8)9-7(2,3)4/h5H2,1-4H3,(H2,8,9). The van der Waals surface area contributed by atoms with Crippen molar-refractivity contribution in [2.45, 2.75) is 39.7 Å². The minimum Gasteiger partial charge on any atom is -0.369 e. The van der Waals surface area contributed by atoms with Gasteiger partial charge in [0.2, 0.25) is 0 Å². The third-order valence-electron chi connectivity index (χ3n) is 0.879. The minimum atomic E-state index is 0.0487. The summed E-state index contributed by atoms with van der Waals surface area (Å²) in [4.78, 5) is 0. The summed E-state index contributed by atoms with van der Waals surface area (Å²) in [5.41, 5.74) is 0.0487. The molecule has 0 aliphatic rings. The highest BCUT2D eigenvalue weighted by Gasteiger charge is 2.08. The molecule has 0 aromatic carbocycles. The molecule has 0 saturated carbocycles. The minimum absolute atomic E-state index is 0.0487. The Balaban J connectivity index is 3.60. The maximum Gasteiger partial charge on any atom is 0.0932 e. The van der Waals surface area contributed by atoms with Gasteiger partial charge in [0.1, 0.15) is 0 Å². The van der Waals surface area contributed by atoms with Gasteiger partial charge in [0, 0.05) is 12.0 Å². The lowest BCUT2D eigenvalue weighted by molar-refractivity contribution is 0.506. The largest absolute Gasteiger partial charge is 0.369 e. The monoisotopic (exact) mass is 128 g/mol. The first kappa shape index (κ1) is 8.47. The number of hydrogen-bond donors (Lipinski definition) is 2. The van der Waals surface area contributed by atoms with Crippen LogP contribution in [0.3, 0.4) is 0 Å². The van der Waals surface area contributed by atoms with E-state index in [1.165, 1.54) is 0 Å². The SMILES string of the molecule is CCC(=N)NC(C)(C)C. The molecule has 0 amide bonds. The Morgan fingerprint density at radius 3 is 2.00 bits per heavy atom. The predicted molar refractivity (Wildman–Crippen MR) is 40.9 cm³/mol. The molecule has 0 fully saturated rings. The van der Waals surface area contributed by atoms with Crippen LogP contribution in [0.25, 0.3) is 0 Å². The molecule has 0 aromatic heterocycles. The fourth-order valence-corrected chi connectivity index (χ4v) is 0.541. The summed E-state index contributed by atoms with van der Waals surface area (Å²) in [5, 5.41) is 10.3. The molecule has 0 unspecified atom stereocenters. The van der Waals surface area contributed by atoms with Gasteiger partial charge < -0.3 is 5.32 Å². The van der Waals surface area contributed by atoms with E-state index in [1.807, 2.05) is 6.92 Å². The molecule has 2 nitrogen and oxygen atoms in total. The molecule has 0 aliphatic carbocycles. The lowest BCUT2D eigenvalue weighted by atomic mass is 10.1. The van der Waals surface area contributed by atoms with Gasteiger partial charge in [0.25, 0.3) is 0 Å². The van der Waals surface area contributed by atoms with Gasteiger partial charge in [-0.05, 0) is 20.8 Å². The Morgan fingerprint density at radius 2 is 1.89 bits per heavy atom. The smallest absolute Gasteiger partial charge is 0.0932 e. The van der Waals surface area contributed by atoms with Crippen molar-refractivity contribution in [1.29, 1.82) is 5.41 Å². The molecule has 0 saturated heterocycles. The summed E-state index contributed by atoms with van der Waals surface area (Å²) in [6.07, 6.45) is 0.789. The Bertz CT molecular complexity index is 100.0. The highest BCUT2D eigenvalue weighted by Crippen LogP contribution is 1.98. The first-order valence-electron chi connectivity index (χ1n) is 3.31. The normalized spacial score (nSPS) is 11.1. The lowest BCUT2D eigenvalue weighted by Gasteiger charge is -2.21. The average molecular weight is 128 g/mol. The van der Waals surface area contributed by atoms with E-state index in [4.69, 9.17) is 5.41 Å². The van der Waals surface area contributed by atoms with E-state index < -0.39 is 0 Å². The summed E-state index contributed by atoms with van der Waals surface area (Å²) in [6, 6.07) is 0. The van der Waals surface area contributed by atoms with Crippen LogP contribution in [0.2, 0.25) is 0 Å². The molecule has 0 aliphatic heterocycles. The van der Waals surface area contributed by atoms with Crippen molar-refractivity contribution in [2.75, 3.05) is 0 Å². The number of hydrogen-bond acceptors (Lipinski definition) is 1. The van der Waals surface area contributed by atoms with Crippen molar-refractivity contribution in [3.63, 3.8) is 0 Å². The molecule has 2 heteroatoms. The zero-order valence-electron chi connectivity index (χ0n) is 6.71. The summed E-state index contributed by atoms with van der Waals surface area (Å²) < 4.78 is 0. The number of amidine groups is 1. The van der Waals surface area contributed by atoms with Gasteiger partial charge >= 0.3 is 0 Å². The van der Waals surface area contributed by atoms with Gasteiger partial charge in [-0.15, -0.1) is 0 Å². The molecule has 0 aromatic rings. The van der Waals surface area contributed by atoms with E-state index in [1.54, 1.807) is 0 Å². The van der Waals surface area contributed by atoms with Gasteiger partial charge in [0.05, 0.1) is 5.84 Å². The second kappa shape index (κ2) is 2.85. The van der Waals surface area contributed by atoms with Crippen LogP contribution in [-0.2, 0) is 0 Å². The maximum absolute atomic E-state index is 7.28. The highest BCUT2D eigenvalue weighted by atomic mass is 15.0. The van der Waals surface area contributed by atoms with Crippen molar-refractivity contribution < 1.29 is 0 Å². The van der Waals surface area contributed by atoms with Gasteiger partial charge in [-0.25, -0.2) is 0 Å². The second-order valence-electron chi connectivity index (χ2n) is 3.21. The van der Waals surface area contributed by atoms with E-state index in [2.05, 4.69) is 26.1 Å². The van der Waals surface area contributed by atoms with Crippen LogP contribution in [-0.4, -0.2) is 11.4 Å². The van der Waals surface area contributed by atoms with Crippen LogP contribution in [0.1, 0.15) is 34.1 Å². The molecule has 0 bridgehead atoms. The van der Waals surface area contributed by atoms with Crippen molar-refractivity contribution in [3.8, 4) is 0 Å². The van der Waals surface area contributed by atoms with Crippen molar-refractivity contribution in [1.82, 2.24) is 5.32 Å². The van der Waals surface area contributed by atoms with Crippen molar-refractivity contribution in [3.05, 3.63) is 0 Å². The summed E-state index contributed by atoms with van der Waals surface area (Å²) in [7, 11) is 0. The van der Waals surface area contributed by atoms with E-state index in [9.17, 15) is 0 Å². The van der Waals surface area contributed by atoms with Crippen LogP contribution in [0, 0.1) is 5.41 Å². The maximum atomic E-state index is 7.28. The quantitative estimate of drug-likeness (QED) is 0.409. The Labute approximate surface area is 57.2 Å². The number of rotatable bonds is 1. The molecule has 0 atom stereocenters. The number of nitrogens with one attached hydrogen (secondary N) is 2. The molecule has 2 N–H and O–H groups in total. The highest BCUT2D eigenvalue weighted by molar-refractivity contribution is 5.79. The fraction of sp³-hybridized carbons (Fsp3) is 0.857. The molecule has 54 valence electrons. The molecule has 0 spiro atoms. The average Bonchev–Trinajstić information content (AvgIpc) is 1.62. The summed E-state index contributed by atoms with van der Waals surface area (Å²) in [5.74, 6) is 0.613. The van der Waals surface area contributed by atoms with E-state index in [-0.39, 0.29) is 5.54 Å². The molecule has 0 heterocycles. The van der Waals surface area contributed by atoms with E-state index in [0.29, 0.717) is 5.84 Å². The topological polar surface area (TPSA) is 35.9 Å². The first-order valence-corrected chi connectivity index (χ1v) is 3.31. The molecule has 0 radical (unpaired) electrons. The molecular weight excluding hydrogens is 112 g/mol. The Morgan fingerprint density at radius 1 is 1.44 bits per heavy atom. The molecular formula is C7H16N2. The van der Waals surface area contributed by atoms with Crippen LogP contribution in [0.4, 0.5) is 0 Å². The fourth-order valence-electron chi connectivity index (χ4n) is 0.541. The summed E-state index contributed by atoms with van der Waals surface area (Å²) >= 11 is 0. The lowest BCUT2D eigenvalue weighted by Crippen LogP contribution is -2.39. The first-order chi connectivity index (χ1) is 3.95. The van der Waals surface area contributed by atoms with Gasteiger partial charge in [0.15, 0.2) is 0 Å². The Kier molecular flexibility index (Phi) is 2.68. The van der Waals surface area contributed by atoms with Crippen molar-refractivity contribution >= 4 is 5.84 Å². The van der Waals surface area contributed by atoms with Crippen LogP contribution in [0.15, 0.2) is 0 Å². The summed E-state index contributed by atoms with van der Waals surface area (Å²) in [6.45, 7) is 8.13. The van der Waals surface area contributed by atoms with Gasteiger partial charge in [-0.1, -0.05) is 6.92 Å². The van der Waals surface area contributed by atoms with Gasteiger partial charge in [-0.3, -0.25) is 5.41 Å². The Hall–Kier alpha value is -0.530. The van der Waals surface area contributed by atoms with Gasteiger partial charge in [-0.2, -0.15) is 0 Å². The second-order valence-corrected chi connectivity index (χ2v) is 3.21. The van der Waals surface area contributed by atoms with Crippen LogP contribution >= 0.6 is 0 Å². The predicted octanol–water partition coefficient (Wildman–Crippen LogP) is 1.76. The van der Waals surface area contributed by atoms with Crippen LogP contribution < -0.4 is 5.32 Å². The van der Waals surface area contributed by atoms with E-state index >= 15 is 0 Å². The third kappa shape index (κ3) is 5.34. The molecule has 0 rings (SSSR count). The zero-order chi connectivity index (χ0) is 7.49.